The summed E-state index contributed by atoms with van der Waals surface area (Å²) in [5, 5.41) is 27.2. The number of carbonyl (C=O) groups is 1. The first-order valence-corrected chi connectivity index (χ1v) is 12.1. The zero-order valence-electron chi connectivity index (χ0n) is 17.9. The summed E-state index contributed by atoms with van der Waals surface area (Å²) >= 11 is 0. The van der Waals surface area contributed by atoms with E-state index < -0.39 is 52.4 Å². The highest BCUT2D eigenvalue weighted by atomic mass is 31.2. The summed E-state index contributed by atoms with van der Waals surface area (Å²) in [7, 11) is -4.73. The Bertz CT molecular complexity index is 499. The Balaban J connectivity index is 3.67. The maximum atomic E-state index is 11.6. The Morgan fingerprint density at radius 2 is 1.50 bits per heavy atom. The normalized spacial score (nSPS) is 15.8. The summed E-state index contributed by atoms with van der Waals surface area (Å²) < 4.78 is 25.0. The molecule has 30 heavy (non-hydrogen) atoms. The fourth-order valence-electron chi connectivity index (χ4n) is 2.39. The molecule has 0 saturated carbocycles. The number of hydrogen-bond donors (Lipinski definition) is 3. The number of unbranched alkanes of at least 4 members (excludes halogenated alkanes) is 7. The maximum absolute atomic E-state index is 11.6. The van der Waals surface area contributed by atoms with Crippen molar-refractivity contribution in [1.82, 2.24) is 0 Å². The van der Waals surface area contributed by atoms with Crippen molar-refractivity contribution in [2.45, 2.75) is 83.3 Å². The lowest BCUT2D eigenvalue weighted by atomic mass is 10.1. The molecule has 0 bridgehead atoms. The molecule has 0 spiro atoms. The molecule has 0 heterocycles. The number of aliphatic hydroxyl groups is 3. The molecule has 9 nitrogen and oxygen atoms in total. The molecule has 0 radical (unpaired) electrons. The topological polar surface area (TPSA) is 146 Å². The van der Waals surface area contributed by atoms with Crippen LogP contribution < -0.4 is 4.89 Å². The van der Waals surface area contributed by atoms with E-state index in [0.29, 0.717) is 6.42 Å². The summed E-state index contributed by atoms with van der Waals surface area (Å²) in [6.45, 7) is -0.153. The number of carbonyl (C=O) groups excluding carboxylic acids is 1. The molecule has 178 valence electrons. The van der Waals surface area contributed by atoms with Crippen molar-refractivity contribution in [3.8, 4) is 0 Å². The Kier molecular flexibility index (Phi) is 18.4. The molecular formula is C20H38O9P-. The number of phosphoric acid groups is 1. The quantitative estimate of drug-likeness (QED) is 0.109. The van der Waals surface area contributed by atoms with Gasteiger partial charge in [0.1, 0.15) is 18.8 Å². The van der Waals surface area contributed by atoms with Gasteiger partial charge in [0.15, 0.2) is 0 Å². The third kappa shape index (κ3) is 19.2. The van der Waals surface area contributed by atoms with Crippen molar-refractivity contribution in [3.05, 3.63) is 12.2 Å². The molecule has 3 N–H and O–H groups in total. The first-order valence-electron chi connectivity index (χ1n) is 10.7. The standard InChI is InChI=1S/C20H39O9P/c1-2-3-4-5-6-7-8-9-10-11-12-13-20(24)27-15-19(23)17-29-30(25,26)28-16-18(22)14-21/h7-8,18-19,21-23H,2-6,9-17H2,1H3,(H,25,26)/p-1/b8-7-/t18-,19+/m0/s1. The second-order valence-corrected chi connectivity index (χ2v) is 8.54. The highest BCUT2D eigenvalue weighted by Gasteiger charge is 2.16. The van der Waals surface area contributed by atoms with E-state index in [2.05, 4.69) is 28.1 Å². The van der Waals surface area contributed by atoms with Crippen LogP contribution in [0.1, 0.15) is 71.1 Å². The Morgan fingerprint density at radius 3 is 2.07 bits per heavy atom. The fourth-order valence-corrected chi connectivity index (χ4v) is 3.17. The van der Waals surface area contributed by atoms with Gasteiger partial charge in [0.2, 0.25) is 0 Å². The minimum Gasteiger partial charge on any atom is -0.756 e. The monoisotopic (exact) mass is 453 g/mol. The second kappa shape index (κ2) is 18.9. The lowest BCUT2D eigenvalue weighted by Crippen LogP contribution is -2.26. The van der Waals surface area contributed by atoms with Gasteiger partial charge in [-0.05, 0) is 32.1 Å². The molecule has 0 amide bonds. The first kappa shape index (κ1) is 29.2. The lowest BCUT2D eigenvalue weighted by molar-refractivity contribution is -0.229. The van der Waals surface area contributed by atoms with Gasteiger partial charge in [0.25, 0.3) is 7.82 Å². The number of ether oxygens (including phenoxy) is 1. The van der Waals surface area contributed by atoms with E-state index in [1.807, 2.05) is 0 Å². The molecule has 0 aliphatic carbocycles. The molecule has 0 aromatic rings. The summed E-state index contributed by atoms with van der Waals surface area (Å²) in [6, 6.07) is 0. The van der Waals surface area contributed by atoms with Crippen molar-refractivity contribution in [1.29, 1.82) is 0 Å². The molecule has 3 atom stereocenters. The van der Waals surface area contributed by atoms with Crippen LogP contribution in [0.25, 0.3) is 0 Å². The minimum atomic E-state index is -4.73. The third-order valence-corrected chi connectivity index (χ3v) is 5.07. The number of hydrogen-bond acceptors (Lipinski definition) is 9. The van der Waals surface area contributed by atoms with Gasteiger partial charge in [-0.25, -0.2) is 0 Å². The average Bonchev–Trinajstić information content (AvgIpc) is 2.73. The van der Waals surface area contributed by atoms with Gasteiger partial charge in [0.05, 0.1) is 19.8 Å². The summed E-state index contributed by atoms with van der Waals surface area (Å²) in [4.78, 5) is 23.0. The largest absolute Gasteiger partial charge is 0.756 e. The van der Waals surface area contributed by atoms with Crippen LogP contribution in [0.15, 0.2) is 12.2 Å². The first-order chi connectivity index (χ1) is 14.3. The van der Waals surface area contributed by atoms with Gasteiger partial charge in [-0.3, -0.25) is 9.36 Å². The summed E-state index contributed by atoms with van der Waals surface area (Å²) in [6.07, 6.45) is 11.7. The van der Waals surface area contributed by atoms with E-state index >= 15 is 0 Å². The third-order valence-electron chi connectivity index (χ3n) is 4.14. The Labute approximate surface area is 179 Å². The van der Waals surface area contributed by atoms with Crippen LogP contribution in [0.3, 0.4) is 0 Å². The van der Waals surface area contributed by atoms with Crippen molar-refractivity contribution in [2.24, 2.45) is 0 Å². The van der Waals surface area contributed by atoms with Crippen LogP contribution in [0.2, 0.25) is 0 Å². The van der Waals surface area contributed by atoms with Crippen LogP contribution in [-0.4, -0.2) is 59.9 Å². The molecule has 0 rings (SSSR count). The number of esters is 1. The van der Waals surface area contributed by atoms with E-state index in [9.17, 15) is 19.4 Å². The summed E-state index contributed by atoms with van der Waals surface area (Å²) in [5.74, 6) is -0.465. The molecule has 0 aromatic heterocycles. The SMILES string of the molecule is CCCCCC/C=C\CCCCCC(=O)OC[C@@H](O)COP(=O)([O-])OC[C@@H](O)CO. The van der Waals surface area contributed by atoms with Crippen molar-refractivity contribution in [3.63, 3.8) is 0 Å². The predicted molar refractivity (Wildman–Crippen MR) is 111 cm³/mol. The molecule has 10 heteroatoms. The van der Waals surface area contributed by atoms with Gasteiger partial charge in [-0.15, -0.1) is 0 Å². The van der Waals surface area contributed by atoms with E-state index in [1.54, 1.807) is 0 Å². The van der Waals surface area contributed by atoms with Crippen LogP contribution in [0.4, 0.5) is 0 Å². The average molecular weight is 453 g/mol. The van der Waals surface area contributed by atoms with E-state index in [1.165, 1.54) is 25.7 Å². The molecule has 0 fully saturated rings. The van der Waals surface area contributed by atoms with Crippen LogP contribution in [0.5, 0.6) is 0 Å². The number of aliphatic hydroxyl groups excluding tert-OH is 3. The van der Waals surface area contributed by atoms with Gasteiger partial charge in [-0.2, -0.15) is 0 Å². The number of phosphoric ester groups is 1. The van der Waals surface area contributed by atoms with Crippen molar-refractivity contribution in [2.75, 3.05) is 26.4 Å². The molecular weight excluding hydrogens is 415 g/mol. The lowest BCUT2D eigenvalue weighted by Gasteiger charge is -2.24. The molecule has 0 saturated heterocycles. The van der Waals surface area contributed by atoms with Gasteiger partial charge in [-0.1, -0.05) is 44.8 Å². The maximum Gasteiger partial charge on any atom is 0.305 e. The van der Waals surface area contributed by atoms with E-state index in [-0.39, 0.29) is 6.42 Å². The number of rotatable bonds is 20. The van der Waals surface area contributed by atoms with Gasteiger partial charge >= 0.3 is 5.97 Å². The number of allylic oxidation sites excluding steroid dienone is 2. The zero-order chi connectivity index (χ0) is 22.7. The summed E-state index contributed by atoms with van der Waals surface area (Å²) in [5.41, 5.74) is 0. The molecule has 1 unspecified atom stereocenters. The van der Waals surface area contributed by atoms with Gasteiger partial charge in [0, 0.05) is 6.42 Å². The minimum absolute atomic E-state index is 0.233. The van der Waals surface area contributed by atoms with Gasteiger partial charge < -0.3 is 34.0 Å². The zero-order valence-corrected chi connectivity index (χ0v) is 18.8. The van der Waals surface area contributed by atoms with Crippen molar-refractivity contribution >= 4 is 13.8 Å². The fraction of sp³-hybridized carbons (Fsp3) is 0.850. The second-order valence-electron chi connectivity index (χ2n) is 7.13. The molecule has 0 aliphatic heterocycles. The van der Waals surface area contributed by atoms with Crippen molar-refractivity contribution < 1.29 is 43.4 Å². The smallest absolute Gasteiger partial charge is 0.305 e. The predicted octanol–water partition coefficient (Wildman–Crippen LogP) is 2.22. The van der Waals surface area contributed by atoms with Crippen LogP contribution >= 0.6 is 7.82 Å². The Hall–Kier alpha value is -0.800. The highest BCUT2D eigenvalue weighted by molar-refractivity contribution is 7.45. The highest BCUT2D eigenvalue weighted by Crippen LogP contribution is 2.38. The van der Waals surface area contributed by atoms with E-state index in [0.717, 1.165) is 25.7 Å². The molecule has 0 aliphatic rings. The Morgan fingerprint density at radius 1 is 0.933 bits per heavy atom. The van der Waals surface area contributed by atoms with E-state index in [4.69, 9.17) is 14.9 Å². The molecule has 0 aromatic carbocycles. The van der Waals surface area contributed by atoms with Crippen LogP contribution in [-0.2, 0) is 23.1 Å². The van der Waals surface area contributed by atoms with Crippen LogP contribution in [0, 0.1) is 0 Å².